The molecule has 1 fully saturated rings. The molecule has 5 nitrogen and oxygen atoms in total. The molecular formula is C9H14N4O. The number of nitrogens with zero attached hydrogens (tertiary/aromatic N) is 1. The number of hydrogen-bond acceptors (Lipinski definition) is 4. The lowest BCUT2D eigenvalue weighted by Gasteiger charge is -2.10. The Labute approximate surface area is 81.5 Å². The van der Waals surface area contributed by atoms with Gasteiger partial charge in [0.25, 0.3) is 5.56 Å². The molecule has 0 bridgehead atoms. The van der Waals surface area contributed by atoms with Gasteiger partial charge < -0.3 is 16.5 Å². The molecule has 1 saturated carbocycles. The van der Waals surface area contributed by atoms with Crippen molar-refractivity contribution in [1.82, 2.24) is 9.97 Å². The highest BCUT2D eigenvalue weighted by Crippen LogP contribution is 2.38. The SMILES string of the molecule is Cc1c(N)nc(C(N)C2CC2)[nH]c1=O. The molecular weight excluding hydrogens is 180 g/mol. The summed E-state index contributed by atoms with van der Waals surface area (Å²) in [4.78, 5) is 18.1. The molecule has 76 valence electrons. The second-order valence-corrected chi connectivity index (χ2v) is 3.82. The summed E-state index contributed by atoms with van der Waals surface area (Å²) >= 11 is 0. The lowest BCUT2D eigenvalue weighted by molar-refractivity contribution is 0.591. The number of aromatic amines is 1. The van der Waals surface area contributed by atoms with Gasteiger partial charge in [0.1, 0.15) is 11.6 Å². The first kappa shape index (κ1) is 9.21. The standard InChI is InChI=1S/C9H14N4O/c1-4-7(11)12-8(13-9(4)14)6(10)5-2-3-5/h5-6H,2-3,10H2,1H3,(H3,11,12,13,14). The van der Waals surface area contributed by atoms with Crippen LogP contribution < -0.4 is 17.0 Å². The molecule has 2 rings (SSSR count). The van der Waals surface area contributed by atoms with E-state index in [0.717, 1.165) is 12.8 Å². The average molecular weight is 194 g/mol. The number of nitrogens with one attached hydrogen (secondary N) is 1. The number of nitrogen functional groups attached to an aromatic ring is 1. The molecule has 0 radical (unpaired) electrons. The van der Waals surface area contributed by atoms with Crippen molar-refractivity contribution in [3.8, 4) is 0 Å². The van der Waals surface area contributed by atoms with E-state index in [4.69, 9.17) is 11.5 Å². The molecule has 5 N–H and O–H groups in total. The first-order valence-electron chi connectivity index (χ1n) is 4.71. The molecule has 0 aliphatic heterocycles. The fourth-order valence-corrected chi connectivity index (χ4v) is 1.40. The van der Waals surface area contributed by atoms with Crippen LogP contribution in [0.3, 0.4) is 0 Å². The van der Waals surface area contributed by atoms with Crippen molar-refractivity contribution >= 4 is 5.82 Å². The molecule has 1 atom stereocenters. The number of hydrogen-bond donors (Lipinski definition) is 3. The Morgan fingerprint density at radius 1 is 1.57 bits per heavy atom. The van der Waals surface area contributed by atoms with Crippen LogP contribution in [0.1, 0.15) is 30.3 Å². The third-order valence-corrected chi connectivity index (χ3v) is 2.65. The molecule has 0 amide bonds. The normalized spacial score (nSPS) is 18.1. The maximum absolute atomic E-state index is 11.4. The first-order valence-corrected chi connectivity index (χ1v) is 4.71. The van der Waals surface area contributed by atoms with Gasteiger partial charge in [-0.15, -0.1) is 0 Å². The Morgan fingerprint density at radius 3 is 2.71 bits per heavy atom. The van der Waals surface area contributed by atoms with E-state index in [1.165, 1.54) is 0 Å². The van der Waals surface area contributed by atoms with E-state index in [2.05, 4.69) is 9.97 Å². The summed E-state index contributed by atoms with van der Waals surface area (Å²) in [7, 11) is 0. The topological polar surface area (TPSA) is 97.8 Å². The lowest BCUT2D eigenvalue weighted by atomic mass is 10.2. The van der Waals surface area contributed by atoms with Crippen LogP contribution >= 0.6 is 0 Å². The van der Waals surface area contributed by atoms with Crippen molar-refractivity contribution in [3.63, 3.8) is 0 Å². The highest BCUT2D eigenvalue weighted by molar-refractivity contribution is 5.36. The van der Waals surface area contributed by atoms with Gasteiger partial charge in [-0.25, -0.2) is 4.98 Å². The van der Waals surface area contributed by atoms with Crippen LogP contribution in [-0.2, 0) is 0 Å². The largest absolute Gasteiger partial charge is 0.383 e. The monoisotopic (exact) mass is 194 g/mol. The van der Waals surface area contributed by atoms with Gasteiger partial charge in [0.15, 0.2) is 0 Å². The van der Waals surface area contributed by atoms with E-state index in [0.29, 0.717) is 17.3 Å². The van der Waals surface area contributed by atoms with Gasteiger partial charge in [-0.05, 0) is 25.7 Å². The highest BCUT2D eigenvalue weighted by atomic mass is 16.1. The highest BCUT2D eigenvalue weighted by Gasteiger charge is 2.31. The van der Waals surface area contributed by atoms with Crippen molar-refractivity contribution < 1.29 is 0 Å². The second-order valence-electron chi connectivity index (χ2n) is 3.82. The number of anilines is 1. The van der Waals surface area contributed by atoms with Gasteiger partial charge in [-0.2, -0.15) is 0 Å². The summed E-state index contributed by atoms with van der Waals surface area (Å²) in [5.41, 5.74) is 11.8. The fraction of sp³-hybridized carbons (Fsp3) is 0.556. The first-order chi connectivity index (χ1) is 6.59. The van der Waals surface area contributed by atoms with Gasteiger partial charge in [0, 0.05) is 0 Å². The third kappa shape index (κ3) is 1.50. The zero-order valence-electron chi connectivity index (χ0n) is 8.08. The Kier molecular flexibility index (Phi) is 2.03. The van der Waals surface area contributed by atoms with Crippen LogP contribution in [0.25, 0.3) is 0 Å². The van der Waals surface area contributed by atoms with E-state index < -0.39 is 0 Å². The van der Waals surface area contributed by atoms with Crippen LogP contribution in [0.5, 0.6) is 0 Å². The molecule has 1 aromatic rings. The van der Waals surface area contributed by atoms with Gasteiger partial charge in [0.2, 0.25) is 0 Å². The molecule has 1 aliphatic carbocycles. The number of H-pyrrole nitrogens is 1. The quantitative estimate of drug-likeness (QED) is 0.620. The van der Waals surface area contributed by atoms with E-state index in [9.17, 15) is 4.79 Å². The van der Waals surface area contributed by atoms with Gasteiger partial charge in [-0.3, -0.25) is 4.79 Å². The van der Waals surface area contributed by atoms with Crippen molar-refractivity contribution in [1.29, 1.82) is 0 Å². The molecule has 1 unspecified atom stereocenters. The minimum atomic E-state index is -0.191. The van der Waals surface area contributed by atoms with Crippen molar-refractivity contribution in [2.75, 3.05) is 5.73 Å². The van der Waals surface area contributed by atoms with Crippen LogP contribution in [0.4, 0.5) is 5.82 Å². The van der Waals surface area contributed by atoms with Gasteiger partial charge in [-0.1, -0.05) is 0 Å². The molecule has 0 aromatic carbocycles. The minimum absolute atomic E-state index is 0.175. The summed E-state index contributed by atoms with van der Waals surface area (Å²) in [6.07, 6.45) is 2.22. The summed E-state index contributed by atoms with van der Waals surface area (Å²) in [6.45, 7) is 1.65. The zero-order chi connectivity index (χ0) is 10.3. The predicted molar refractivity (Wildman–Crippen MR) is 53.7 cm³/mol. The predicted octanol–water partition coefficient (Wildman–Crippen LogP) is 0.0703. The van der Waals surface area contributed by atoms with Crippen LogP contribution in [0.15, 0.2) is 4.79 Å². The second kappa shape index (κ2) is 3.09. The summed E-state index contributed by atoms with van der Waals surface area (Å²) in [5.74, 6) is 1.25. The maximum atomic E-state index is 11.4. The summed E-state index contributed by atoms with van der Waals surface area (Å²) in [5, 5.41) is 0. The van der Waals surface area contributed by atoms with Crippen molar-refractivity contribution in [2.45, 2.75) is 25.8 Å². The molecule has 1 aliphatic rings. The maximum Gasteiger partial charge on any atom is 0.255 e. The summed E-state index contributed by atoms with van der Waals surface area (Å²) in [6, 6.07) is -0.175. The third-order valence-electron chi connectivity index (χ3n) is 2.65. The van der Waals surface area contributed by atoms with Gasteiger partial charge in [0.05, 0.1) is 11.6 Å². The molecule has 1 heterocycles. The van der Waals surface area contributed by atoms with Gasteiger partial charge >= 0.3 is 0 Å². The Bertz CT molecular complexity index is 408. The van der Waals surface area contributed by atoms with E-state index in [1.54, 1.807) is 6.92 Å². The molecule has 14 heavy (non-hydrogen) atoms. The smallest absolute Gasteiger partial charge is 0.255 e. The fourth-order valence-electron chi connectivity index (χ4n) is 1.40. The van der Waals surface area contributed by atoms with E-state index in [-0.39, 0.29) is 17.4 Å². The van der Waals surface area contributed by atoms with Crippen molar-refractivity contribution in [2.24, 2.45) is 11.7 Å². The Morgan fingerprint density at radius 2 is 2.21 bits per heavy atom. The van der Waals surface area contributed by atoms with E-state index >= 15 is 0 Å². The Balaban J connectivity index is 2.39. The zero-order valence-corrected chi connectivity index (χ0v) is 8.08. The minimum Gasteiger partial charge on any atom is -0.383 e. The lowest BCUT2D eigenvalue weighted by Crippen LogP contribution is -2.23. The molecule has 5 heteroatoms. The van der Waals surface area contributed by atoms with Crippen LogP contribution in [0, 0.1) is 12.8 Å². The van der Waals surface area contributed by atoms with Crippen molar-refractivity contribution in [3.05, 3.63) is 21.7 Å². The van der Waals surface area contributed by atoms with Crippen LogP contribution in [0.2, 0.25) is 0 Å². The number of rotatable bonds is 2. The number of nitrogens with two attached hydrogens (primary N) is 2. The summed E-state index contributed by atoms with van der Waals surface area (Å²) < 4.78 is 0. The number of aromatic nitrogens is 2. The molecule has 0 saturated heterocycles. The molecule has 1 aromatic heterocycles. The van der Waals surface area contributed by atoms with E-state index in [1.807, 2.05) is 0 Å². The Hall–Kier alpha value is -1.36. The average Bonchev–Trinajstić information content (AvgIpc) is 2.95. The van der Waals surface area contributed by atoms with Crippen LogP contribution in [-0.4, -0.2) is 9.97 Å². The molecule has 0 spiro atoms.